The van der Waals surface area contributed by atoms with Gasteiger partial charge in [0.05, 0.1) is 12.7 Å². The predicted molar refractivity (Wildman–Crippen MR) is 80.9 cm³/mol. The number of benzene rings is 1. The molecular formula is C16H26N2O2. The van der Waals surface area contributed by atoms with Crippen molar-refractivity contribution >= 4 is 0 Å². The van der Waals surface area contributed by atoms with Gasteiger partial charge in [-0.15, -0.1) is 0 Å². The van der Waals surface area contributed by atoms with E-state index in [1.165, 1.54) is 0 Å². The van der Waals surface area contributed by atoms with Crippen LogP contribution in [0.1, 0.15) is 25.3 Å². The van der Waals surface area contributed by atoms with Crippen LogP contribution in [0.15, 0.2) is 24.3 Å². The maximum absolute atomic E-state index is 5.77. The molecule has 2 rings (SSSR count). The summed E-state index contributed by atoms with van der Waals surface area (Å²) in [6.07, 6.45) is 2.51. The fourth-order valence-electron chi connectivity index (χ4n) is 2.73. The largest absolute Gasteiger partial charge is 0.494 e. The van der Waals surface area contributed by atoms with E-state index in [2.05, 4.69) is 18.9 Å². The van der Waals surface area contributed by atoms with Crippen molar-refractivity contribution in [3.8, 4) is 5.75 Å². The lowest BCUT2D eigenvalue weighted by Crippen LogP contribution is -2.37. The topological polar surface area (TPSA) is 47.7 Å². The second kappa shape index (κ2) is 7.62. The van der Waals surface area contributed by atoms with Crippen LogP contribution in [0.4, 0.5) is 0 Å². The second-order valence-corrected chi connectivity index (χ2v) is 5.47. The van der Waals surface area contributed by atoms with Gasteiger partial charge >= 0.3 is 0 Å². The van der Waals surface area contributed by atoms with Crippen molar-refractivity contribution in [3.63, 3.8) is 0 Å². The smallest absolute Gasteiger partial charge is 0.119 e. The Morgan fingerprint density at radius 2 is 2.30 bits per heavy atom. The van der Waals surface area contributed by atoms with Crippen LogP contribution in [0.25, 0.3) is 0 Å². The number of nitrogens with zero attached hydrogens (tertiary/aromatic N) is 1. The van der Waals surface area contributed by atoms with Crippen LogP contribution in [0.5, 0.6) is 5.75 Å². The molecule has 0 radical (unpaired) electrons. The summed E-state index contributed by atoms with van der Waals surface area (Å²) in [5, 5.41) is 0. The first-order chi connectivity index (χ1) is 9.70. The molecule has 0 amide bonds. The van der Waals surface area contributed by atoms with Gasteiger partial charge in [-0.3, -0.25) is 0 Å². The predicted octanol–water partition coefficient (Wildman–Crippen LogP) is 2.02. The van der Waals surface area contributed by atoms with Crippen LogP contribution in [0, 0.1) is 0 Å². The van der Waals surface area contributed by atoms with Crippen LogP contribution in [-0.4, -0.2) is 43.9 Å². The van der Waals surface area contributed by atoms with E-state index in [0.717, 1.165) is 43.9 Å². The number of hydrogen-bond acceptors (Lipinski definition) is 4. The highest BCUT2D eigenvalue weighted by molar-refractivity contribution is 5.28. The highest BCUT2D eigenvalue weighted by Gasteiger charge is 2.27. The number of hydrogen-bond donors (Lipinski definition) is 1. The van der Waals surface area contributed by atoms with E-state index in [9.17, 15) is 0 Å². The molecule has 1 heterocycles. The lowest BCUT2D eigenvalue weighted by molar-refractivity contribution is 0.0818. The Morgan fingerprint density at radius 1 is 1.45 bits per heavy atom. The fraction of sp³-hybridized carbons (Fsp3) is 0.625. The molecule has 0 bridgehead atoms. The van der Waals surface area contributed by atoms with E-state index < -0.39 is 0 Å². The van der Waals surface area contributed by atoms with E-state index in [1.807, 2.05) is 24.3 Å². The molecule has 0 aromatic heterocycles. The minimum absolute atomic E-state index is 0.349. The molecule has 1 aromatic carbocycles. The normalized spacial score (nSPS) is 22.4. The van der Waals surface area contributed by atoms with Gasteiger partial charge < -0.3 is 20.1 Å². The standard InChI is InChI=1S/C16H26N2O2/c1-13-16(7-10-19-13)18(2)8-4-9-20-15-6-3-5-14(11-15)12-17/h3,5-6,11,13,16H,4,7-10,12,17H2,1-2H3. The van der Waals surface area contributed by atoms with E-state index in [0.29, 0.717) is 18.7 Å². The van der Waals surface area contributed by atoms with E-state index in [1.54, 1.807) is 0 Å². The van der Waals surface area contributed by atoms with Gasteiger partial charge in [-0.05, 0) is 44.5 Å². The minimum atomic E-state index is 0.349. The molecule has 1 fully saturated rings. The summed E-state index contributed by atoms with van der Waals surface area (Å²) in [7, 11) is 2.17. The fourth-order valence-corrected chi connectivity index (χ4v) is 2.73. The van der Waals surface area contributed by atoms with Crippen LogP contribution >= 0.6 is 0 Å². The summed E-state index contributed by atoms with van der Waals surface area (Å²) < 4.78 is 11.4. The maximum atomic E-state index is 5.77. The lowest BCUT2D eigenvalue weighted by Gasteiger charge is -2.26. The van der Waals surface area contributed by atoms with E-state index >= 15 is 0 Å². The highest BCUT2D eigenvalue weighted by Crippen LogP contribution is 2.18. The Kier molecular flexibility index (Phi) is 5.83. The zero-order chi connectivity index (χ0) is 14.4. The molecule has 2 N–H and O–H groups in total. The van der Waals surface area contributed by atoms with Crippen molar-refractivity contribution in [1.29, 1.82) is 0 Å². The van der Waals surface area contributed by atoms with Crippen molar-refractivity contribution in [1.82, 2.24) is 4.90 Å². The highest BCUT2D eigenvalue weighted by atomic mass is 16.5. The molecule has 4 heteroatoms. The maximum Gasteiger partial charge on any atom is 0.119 e. The molecule has 0 saturated carbocycles. The van der Waals surface area contributed by atoms with Crippen molar-refractivity contribution in [2.45, 2.75) is 38.5 Å². The number of ether oxygens (including phenoxy) is 2. The molecule has 0 aliphatic carbocycles. The summed E-state index contributed by atoms with van der Waals surface area (Å²) in [5.41, 5.74) is 6.73. The summed E-state index contributed by atoms with van der Waals surface area (Å²) in [6, 6.07) is 8.55. The van der Waals surface area contributed by atoms with Gasteiger partial charge in [0.1, 0.15) is 5.75 Å². The van der Waals surface area contributed by atoms with Crippen LogP contribution in [0.3, 0.4) is 0 Å². The Balaban J connectivity index is 1.68. The summed E-state index contributed by atoms with van der Waals surface area (Å²) in [4.78, 5) is 2.39. The van der Waals surface area contributed by atoms with Crippen molar-refractivity contribution in [2.75, 3.05) is 26.8 Å². The monoisotopic (exact) mass is 278 g/mol. The van der Waals surface area contributed by atoms with E-state index in [4.69, 9.17) is 15.2 Å². The molecule has 4 nitrogen and oxygen atoms in total. The average molecular weight is 278 g/mol. The number of rotatable bonds is 7. The summed E-state index contributed by atoms with van der Waals surface area (Å²) >= 11 is 0. The number of likely N-dealkylation sites (N-methyl/N-ethyl adjacent to an activating group) is 1. The van der Waals surface area contributed by atoms with Crippen molar-refractivity contribution in [3.05, 3.63) is 29.8 Å². The molecule has 20 heavy (non-hydrogen) atoms. The third kappa shape index (κ3) is 4.20. The van der Waals surface area contributed by atoms with Crippen molar-refractivity contribution in [2.24, 2.45) is 5.73 Å². The molecule has 0 spiro atoms. The summed E-state index contributed by atoms with van der Waals surface area (Å²) in [5.74, 6) is 0.910. The molecule has 1 aliphatic heterocycles. The zero-order valence-corrected chi connectivity index (χ0v) is 12.5. The van der Waals surface area contributed by atoms with Gasteiger partial charge in [-0.2, -0.15) is 0 Å². The Hall–Kier alpha value is -1.10. The van der Waals surface area contributed by atoms with Gasteiger partial charge in [0.25, 0.3) is 0 Å². The molecule has 1 aliphatic rings. The molecular weight excluding hydrogens is 252 g/mol. The van der Waals surface area contributed by atoms with Crippen LogP contribution in [0.2, 0.25) is 0 Å². The third-order valence-electron chi connectivity index (χ3n) is 3.96. The van der Waals surface area contributed by atoms with Crippen LogP contribution < -0.4 is 10.5 Å². The van der Waals surface area contributed by atoms with Gasteiger partial charge in [0, 0.05) is 25.7 Å². The molecule has 1 aromatic rings. The zero-order valence-electron chi connectivity index (χ0n) is 12.5. The Bertz CT molecular complexity index is 411. The minimum Gasteiger partial charge on any atom is -0.494 e. The van der Waals surface area contributed by atoms with Gasteiger partial charge in [-0.1, -0.05) is 12.1 Å². The first-order valence-electron chi connectivity index (χ1n) is 7.44. The quantitative estimate of drug-likeness (QED) is 0.775. The first kappa shape index (κ1) is 15.3. The second-order valence-electron chi connectivity index (χ2n) is 5.47. The Morgan fingerprint density at radius 3 is 3.00 bits per heavy atom. The lowest BCUT2D eigenvalue weighted by atomic mass is 10.1. The molecule has 2 unspecified atom stereocenters. The molecule has 112 valence electrons. The SMILES string of the molecule is CC1OCCC1N(C)CCCOc1cccc(CN)c1. The average Bonchev–Trinajstić information content (AvgIpc) is 2.90. The van der Waals surface area contributed by atoms with Gasteiger partial charge in [0.2, 0.25) is 0 Å². The first-order valence-corrected chi connectivity index (χ1v) is 7.44. The Labute approximate surface area is 121 Å². The third-order valence-corrected chi connectivity index (χ3v) is 3.96. The van der Waals surface area contributed by atoms with Crippen LogP contribution in [-0.2, 0) is 11.3 Å². The van der Waals surface area contributed by atoms with E-state index in [-0.39, 0.29) is 0 Å². The summed E-state index contributed by atoms with van der Waals surface area (Å²) in [6.45, 7) is 5.37. The molecule has 1 saturated heterocycles. The van der Waals surface area contributed by atoms with Crippen molar-refractivity contribution < 1.29 is 9.47 Å². The number of nitrogens with two attached hydrogens (primary N) is 1. The molecule has 2 atom stereocenters. The van der Waals surface area contributed by atoms with Gasteiger partial charge in [-0.25, -0.2) is 0 Å². The van der Waals surface area contributed by atoms with Gasteiger partial charge in [0.15, 0.2) is 0 Å².